The lowest BCUT2D eigenvalue weighted by molar-refractivity contribution is 0.288. The molecule has 0 saturated carbocycles. The minimum atomic E-state index is 0.185. The number of halogens is 3. The molecule has 8 heteroatoms. The highest BCUT2D eigenvalue weighted by Gasteiger charge is 2.22. The molecule has 0 aliphatic carbocycles. The molecule has 0 spiro atoms. The van der Waals surface area contributed by atoms with Crippen molar-refractivity contribution >= 4 is 34.8 Å². The van der Waals surface area contributed by atoms with Gasteiger partial charge >= 0.3 is 6.01 Å². The van der Waals surface area contributed by atoms with E-state index >= 15 is 0 Å². The zero-order chi connectivity index (χ0) is 22.5. The first kappa shape index (κ1) is 22.3. The van der Waals surface area contributed by atoms with Crippen molar-refractivity contribution in [2.24, 2.45) is 0 Å². The minimum absolute atomic E-state index is 0.185. The van der Waals surface area contributed by atoms with Gasteiger partial charge in [-0.3, -0.25) is 4.98 Å². The van der Waals surface area contributed by atoms with Crippen LogP contribution in [0.2, 0.25) is 15.1 Å². The van der Waals surface area contributed by atoms with Gasteiger partial charge in [-0.05, 0) is 54.4 Å². The molecule has 2 heterocycles. The van der Waals surface area contributed by atoms with Crippen LogP contribution in [-0.4, -0.2) is 21.6 Å². The van der Waals surface area contributed by atoms with Gasteiger partial charge in [-0.1, -0.05) is 53.9 Å². The first-order valence-corrected chi connectivity index (χ1v) is 11.0. The van der Waals surface area contributed by atoms with Crippen LogP contribution in [0.3, 0.4) is 0 Å². The van der Waals surface area contributed by atoms with E-state index in [-0.39, 0.29) is 6.01 Å². The van der Waals surface area contributed by atoms with Crippen LogP contribution in [0, 0.1) is 0 Å². The molecule has 0 saturated heterocycles. The van der Waals surface area contributed by atoms with Crippen LogP contribution in [0.1, 0.15) is 13.3 Å². The average molecular weight is 487 g/mol. The molecule has 4 aromatic rings. The lowest BCUT2D eigenvalue weighted by Gasteiger charge is -2.17. The van der Waals surface area contributed by atoms with E-state index in [0.29, 0.717) is 50.1 Å². The maximum atomic E-state index is 6.56. The maximum Gasteiger partial charge on any atom is 0.320 e. The van der Waals surface area contributed by atoms with Crippen LogP contribution in [0.15, 0.2) is 67.0 Å². The third kappa shape index (κ3) is 5.13. The summed E-state index contributed by atoms with van der Waals surface area (Å²) in [5.41, 5.74) is 2.66. The quantitative estimate of drug-likeness (QED) is 0.267. The molecule has 0 amide bonds. The predicted octanol–water partition coefficient (Wildman–Crippen LogP) is 7.75. The number of rotatable bonds is 7. The van der Waals surface area contributed by atoms with Crippen LogP contribution in [0.25, 0.3) is 22.4 Å². The lowest BCUT2D eigenvalue weighted by Crippen LogP contribution is -2.05. The molecular formula is C24H18Cl3N3O2. The normalized spacial score (nSPS) is 10.8. The van der Waals surface area contributed by atoms with E-state index in [1.165, 1.54) is 0 Å². The first-order valence-electron chi connectivity index (χ1n) is 9.89. The van der Waals surface area contributed by atoms with E-state index in [1.807, 2.05) is 25.1 Å². The van der Waals surface area contributed by atoms with Gasteiger partial charge < -0.3 is 9.47 Å². The fourth-order valence-electron chi connectivity index (χ4n) is 3.02. The van der Waals surface area contributed by atoms with Crippen molar-refractivity contribution in [3.63, 3.8) is 0 Å². The summed E-state index contributed by atoms with van der Waals surface area (Å²) in [4.78, 5) is 13.4. The van der Waals surface area contributed by atoms with E-state index in [9.17, 15) is 0 Å². The number of nitrogens with zero attached hydrogens (tertiary/aromatic N) is 3. The van der Waals surface area contributed by atoms with Gasteiger partial charge in [-0.15, -0.1) is 0 Å². The average Bonchev–Trinajstić information content (AvgIpc) is 2.79. The molecule has 2 aromatic heterocycles. The monoisotopic (exact) mass is 485 g/mol. The van der Waals surface area contributed by atoms with Crippen molar-refractivity contribution in [2.75, 3.05) is 6.61 Å². The summed E-state index contributed by atoms with van der Waals surface area (Å²) in [6.45, 7) is 2.46. The molecule has 0 radical (unpaired) electrons. The van der Waals surface area contributed by atoms with Crippen molar-refractivity contribution < 1.29 is 9.47 Å². The van der Waals surface area contributed by atoms with Crippen LogP contribution in [0.5, 0.6) is 17.6 Å². The van der Waals surface area contributed by atoms with Crippen molar-refractivity contribution in [3.8, 4) is 40.0 Å². The van der Waals surface area contributed by atoms with Gasteiger partial charge in [0.15, 0.2) is 0 Å². The van der Waals surface area contributed by atoms with Gasteiger partial charge in [0, 0.05) is 21.8 Å². The van der Waals surface area contributed by atoms with Crippen molar-refractivity contribution in [1.82, 2.24) is 15.0 Å². The smallest absolute Gasteiger partial charge is 0.320 e. The van der Waals surface area contributed by atoms with E-state index in [0.717, 1.165) is 12.0 Å². The highest BCUT2D eigenvalue weighted by atomic mass is 35.5. The zero-order valence-corrected chi connectivity index (χ0v) is 19.3. The summed E-state index contributed by atoms with van der Waals surface area (Å²) in [5.74, 6) is 0.832. The molecule has 0 atom stereocenters. The third-order valence-corrected chi connectivity index (χ3v) is 5.26. The summed E-state index contributed by atoms with van der Waals surface area (Å²) in [7, 11) is 0. The van der Waals surface area contributed by atoms with Gasteiger partial charge in [0.05, 0.1) is 29.1 Å². The van der Waals surface area contributed by atoms with Crippen LogP contribution < -0.4 is 9.47 Å². The van der Waals surface area contributed by atoms with Crippen LogP contribution in [-0.2, 0) is 0 Å². The number of aromatic nitrogens is 3. The minimum Gasteiger partial charge on any atom is -0.463 e. The molecule has 0 N–H and O–H groups in total. The fraction of sp³-hybridized carbons (Fsp3) is 0.125. The predicted molar refractivity (Wildman–Crippen MR) is 128 cm³/mol. The molecule has 2 aromatic carbocycles. The Labute approximate surface area is 200 Å². The Bertz CT molecular complexity index is 1220. The molecule has 0 aliphatic rings. The second-order valence-corrected chi connectivity index (χ2v) is 8.09. The molecule has 5 nitrogen and oxygen atoms in total. The van der Waals surface area contributed by atoms with E-state index in [4.69, 9.17) is 44.3 Å². The molecule has 0 fully saturated rings. The van der Waals surface area contributed by atoms with Gasteiger partial charge in [-0.2, -0.15) is 9.97 Å². The van der Waals surface area contributed by atoms with E-state index in [1.54, 1.807) is 48.8 Å². The Morgan fingerprint density at radius 2 is 1.69 bits per heavy atom. The summed E-state index contributed by atoms with van der Waals surface area (Å²) >= 11 is 18.8. The van der Waals surface area contributed by atoms with Gasteiger partial charge in [0.1, 0.15) is 5.75 Å². The van der Waals surface area contributed by atoms with Crippen molar-refractivity contribution in [1.29, 1.82) is 0 Å². The standard InChI is InChI=1S/C24H18Cl3N3O2/c1-2-12-31-24-29-22(19-10-9-17(26)13-20(19)27)21(15-5-7-16(25)8-6-15)23(30-24)32-18-4-3-11-28-14-18/h3-11,13-14H,2,12H2,1H3. The summed E-state index contributed by atoms with van der Waals surface area (Å²) < 4.78 is 11.9. The second kappa shape index (κ2) is 10.2. The van der Waals surface area contributed by atoms with Crippen molar-refractivity contribution in [3.05, 3.63) is 82.1 Å². The highest BCUT2D eigenvalue weighted by molar-refractivity contribution is 6.36. The molecule has 0 bridgehead atoms. The molecule has 0 unspecified atom stereocenters. The molecule has 0 aliphatic heterocycles. The second-order valence-electron chi connectivity index (χ2n) is 6.81. The topological polar surface area (TPSA) is 57.1 Å². The number of benzene rings is 2. The fourth-order valence-corrected chi connectivity index (χ4v) is 3.65. The summed E-state index contributed by atoms with van der Waals surface area (Å²) in [6.07, 6.45) is 4.08. The Hall–Kier alpha value is -2.86. The van der Waals surface area contributed by atoms with E-state index < -0.39 is 0 Å². The first-order chi connectivity index (χ1) is 15.5. The van der Waals surface area contributed by atoms with Gasteiger partial charge in [0.25, 0.3) is 0 Å². The summed E-state index contributed by atoms with van der Waals surface area (Å²) in [5, 5.41) is 1.58. The maximum absolute atomic E-state index is 6.56. The van der Waals surface area contributed by atoms with Gasteiger partial charge in [0.2, 0.25) is 5.88 Å². The van der Waals surface area contributed by atoms with Gasteiger partial charge in [-0.25, -0.2) is 0 Å². The van der Waals surface area contributed by atoms with Crippen molar-refractivity contribution in [2.45, 2.75) is 13.3 Å². The molecular weight excluding hydrogens is 469 g/mol. The number of hydrogen-bond donors (Lipinski definition) is 0. The number of hydrogen-bond acceptors (Lipinski definition) is 5. The number of pyridine rings is 1. The largest absolute Gasteiger partial charge is 0.463 e. The van der Waals surface area contributed by atoms with Crippen LogP contribution >= 0.6 is 34.8 Å². The molecule has 4 rings (SSSR count). The highest BCUT2D eigenvalue weighted by Crippen LogP contribution is 2.42. The number of ether oxygens (including phenoxy) is 2. The Balaban J connectivity index is 1.97. The Kier molecular flexibility index (Phi) is 7.10. The Morgan fingerprint density at radius 1 is 0.906 bits per heavy atom. The third-order valence-electron chi connectivity index (χ3n) is 4.46. The molecule has 162 valence electrons. The SMILES string of the molecule is CCCOc1nc(Oc2cccnc2)c(-c2ccc(Cl)cc2)c(-c2ccc(Cl)cc2Cl)n1. The lowest BCUT2D eigenvalue weighted by atomic mass is 10.00. The zero-order valence-electron chi connectivity index (χ0n) is 17.1. The summed E-state index contributed by atoms with van der Waals surface area (Å²) in [6, 6.07) is 16.3. The molecule has 32 heavy (non-hydrogen) atoms. The van der Waals surface area contributed by atoms with E-state index in [2.05, 4.69) is 15.0 Å². The Morgan fingerprint density at radius 3 is 2.38 bits per heavy atom. The van der Waals surface area contributed by atoms with Crippen LogP contribution in [0.4, 0.5) is 0 Å².